The maximum atomic E-state index is 3.61. The van der Waals surface area contributed by atoms with E-state index in [4.69, 9.17) is 0 Å². The zero-order chi connectivity index (χ0) is 12.3. The molecule has 1 aliphatic heterocycles. The van der Waals surface area contributed by atoms with Gasteiger partial charge >= 0.3 is 0 Å². The van der Waals surface area contributed by atoms with Gasteiger partial charge < -0.3 is 10.2 Å². The predicted molar refractivity (Wildman–Crippen MR) is 74.8 cm³/mol. The predicted octanol–water partition coefficient (Wildman–Crippen LogP) is 2.88. The molecule has 17 heavy (non-hydrogen) atoms. The highest BCUT2D eigenvalue weighted by Crippen LogP contribution is 2.22. The first-order chi connectivity index (χ1) is 8.18. The molecule has 1 fully saturated rings. The molecule has 0 spiro atoms. The number of anilines is 1. The molecule has 0 aliphatic carbocycles. The summed E-state index contributed by atoms with van der Waals surface area (Å²) in [6.07, 6.45) is 4.02. The Morgan fingerprint density at radius 1 is 1.29 bits per heavy atom. The van der Waals surface area contributed by atoms with Crippen LogP contribution in [0, 0.1) is 13.8 Å². The summed E-state index contributed by atoms with van der Waals surface area (Å²) in [6, 6.07) is 7.23. The Morgan fingerprint density at radius 2 is 2.12 bits per heavy atom. The van der Waals surface area contributed by atoms with Crippen LogP contribution in [0.2, 0.25) is 0 Å². The first kappa shape index (κ1) is 12.4. The minimum absolute atomic E-state index is 0.661. The molecule has 0 aromatic heterocycles. The molecular formula is C15H24N2. The van der Waals surface area contributed by atoms with E-state index in [1.165, 1.54) is 42.6 Å². The molecule has 2 nitrogen and oxygen atoms in total. The molecule has 1 aromatic rings. The van der Waals surface area contributed by atoms with Crippen LogP contribution in [0.15, 0.2) is 18.2 Å². The summed E-state index contributed by atoms with van der Waals surface area (Å²) >= 11 is 0. The highest BCUT2D eigenvalue weighted by molar-refractivity contribution is 5.55. The third-order valence-corrected chi connectivity index (χ3v) is 3.89. The van der Waals surface area contributed by atoms with E-state index < -0.39 is 0 Å². The van der Waals surface area contributed by atoms with Gasteiger partial charge in [0.1, 0.15) is 0 Å². The van der Waals surface area contributed by atoms with Crippen molar-refractivity contribution in [3.63, 3.8) is 0 Å². The van der Waals surface area contributed by atoms with E-state index in [0.29, 0.717) is 6.04 Å². The molecule has 1 N–H and O–H groups in total. The van der Waals surface area contributed by atoms with Gasteiger partial charge in [0.05, 0.1) is 0 Å². The van der Waals surface area contributed by atoms with Gasteiger partial charge in [0.2, 0.25) is 0 Å². The third kappa shape index (κ3) is 3.01. The van der Waals surface area contributed by atoms with E-state index in [9.17, 15) is 0 Å². The molecule has 1 aromatic carbocycles. The Labute approximate surface area is 105 Å². The van der Waals surface area contributed by atoms with Crippen LogP contribution in [0.1, 0.15) is 30.4 Å². The van der Waals surface area contributed by atoms with Crippen molar-refractivity contribution < 1.29 is 0 Å². The van der Waals surface area contributed by atoms with Crippen LogP contribution < -0.4 is 10.2 Å². The van der Waals surface area contributed by atoms with E-state index in [-0.39, 0.29) is 0 Å². The molecule has 1 heterocycles. The standard InChI is InChI=1S/C15H24N2/c1-12-7-6-9-15(13(12)2)17(3)11-14-8-4-5-10-16-14/h6-7,9,14,16H,4-5,8,10-11H2,1-3H3. The fourth-order valence-corrected chi connectivity index (χ4v) is 2.66. The number of benzene rings is 1. The lowest BCUT2D eigenvalue weighted by molar-refractivity contribution is 0.403. The fraction of sp³-hybridized carbons (Fsp3) is 0.600. The van der Waals surface area contributed by atoms with Gasteiger partial charge in [-0.1, -0.05) is 18.6 Å². The van der Waals surface area contributed by atoms with Gasteiger partial charge in [-0.25, -0.2) is 0 Å². The SMILES string of the molecule is Cc1cccc(N(C)CC2CCCCN2)c1C. The summed E-state index contributed by atoms with van der Waals surface area (Å²) in [5.74, 6) is 0. The molecule has 1 unspecified atom stereocenters. The molecule has 2 heteroatoms. The lowest BCUT2D eigenvalue weighted by Crippen LogP contribution is -2.42. The molecule has 1 saturated heterocycles. The zero-order valence-corrected chi connectivity index (χ0v) is 11.3. The topological polar surface area (TPSA) is 15.3 Å². The maximum absolute atomic E-state index is 3.61. The second kappa shape index (κ2) is 5.54. The zero-order valence-electron chi connectivity index (χ0n) is 11.3. The number of aryl methyl sites for hydroxylation is 1. The molecule has 1 aliphatic rings. The molecule has 1 atom stereocenters. The molecule has 2 rings (SSSR count). The molecule has 0 radical (unpaired) electrons. The monoisotopic (exact) mass is 232 g/mol. The number of piperidine rings is 1. The number of likely N-dealkylation sites (N-methyl/N-ethyl adjacent to an activating group) is 1. The van der Waals surface area contributed by atoms with Gasteiger partial charge in [0, 0.05) is 25.3 Å². The van der Waals surface area contributed by atoms with Crippen LogP contribution >= 0.6 is 0 Å². The number of hydrogen-bond donors (Lipinski definition) is 1. The molecular weight excluding hydrogens is 208 g/mol. The number of nitrogens with zero attached hydrogens (tertiary/aromatic N) is 1. The van der Waals surface area contributed by atoms with Crippen LogP contribution in [-0.2, 0) is 0 Å². The normalized spacial score (nSPS) is 20.3. The van der Waals surface area contributed by atoms with Crippen LogP contribution in [0.25, 0.3) is 0 Å². The number of nitrogens with one attached hydrogen (secondary N) is 1. The first-order valence-corrected chi connectivity index (χ1v) is 6.69. The average Bonchev–Trinajstić information content (AvgIpc) is 2.34. The Bertz CT molecular complexity index is 367. The summed E-state index contributed by atoms with van der Waals surface area (Å²) in [5.41, 5.74) is 4.16. The Morgan fingerprint density at radius 3 is 2.82 bits per heavy atom. The van der Waals surface area contributed by atoms with Crippen molar-refractivity contribution in [3.05, 3.63) is 29.3 Å². The lowest BCUT2D eigenvalue weighted by atomic mass is 10.0. The van der Waals surface area contributed by atoms with Gasteiger partial charge in [-0.05, 0) is 50.4 Å². The molecule has 94 valence electrons. The maximum Gasteiger partial charge on any atom is 0.0396 e. The summed E-state index contributed by atoms with van der Waals surface area (Å²) in [7, 11) is 2.21. The minimum Gasteiger partial charge on any atom is -0.373 e. The van der Waals surface area contributed by atoms with Crippen LogP contribution in [-0.4, -0.2) is 26.2 Å². The Balaban J connectivity index is 2.03. The second-order valence-corrected chi connectivity index (χ2v) is 5.25. The Hall–Kier alpha value is -1.02. The average molecular weight is 232 g/mol. The van der Waals surface area contributed by atoms with Crippen molar-refractivity contribution >= 4 is 5.69 Å². The highest BCUT2D eigenvalue weighted by Gasteiger charge is 2.15. The van der Waals surface area contributed by atoms with Gasteiger partial charge in [0.25, 0.3) is 0 Å². The minimum atomic E-state index is 0.661. The summed E-state index contributed by atoms with van der Waals surface area (Å²) < 4.78 is 0. The van der Waals surface area contributed by atoms with Crippen molar-refractivity contribution in [2.75, 3.05) is 25.0 Å². The third-order valence-electron chi connectivity index (χ3n) is 3.89. The number of hydrogen-bond acceptors (Lipinski definition) is 2. The smallest absolute Gasteiger partial charge is 0.0396 e. The molecule has 0 bridgehead atoms. The van der Waals surface area contributed by atoms with Crippen LogP contribution in [0.4, 0.5) is 5.69 Å². The summed E-state index contributed by atoms with van der Waals surface area (Å²) in [6.45, 7) is 6.70. The van der Waals surface area contributed by atoms with Crippen molar-refractivity contribution in [2.45, 2.75) is 39.2 Å². The van der Waals surface area contributed by atoms with Crippen molar-refractivity contribution in [1.29, 1.82) is 0 Å². The first-order valence-electron chi connectivity index (χ1n) is 6.69. The van der Waals surface area contributed by atoms with Gasteiger partial charge in [-0.15, -0.1) is 0 Å². The largest absolute Gasteiger partial charge is 0.373 e. The van der Waals surface area contributed by atoms with Gasteiger partial charge in [-0.2, -0.15) is 0 Å². The van der Waals surface area contributed by atoms with Crippen LogP contribution in [0.5, 0.6) is 0 Å². The van der Waals surface area contributed by atoms with Crippen molar-refractivity contribution in [1.82, 2.24) is 5.32 Å². The van der Waals surface area contributed by atoms with Gasteiger partial charge in [-0.3, -0.25) is 0 Å². The van der Waals surface area contributed by atoms with E-state index in [1.807, 2.05) is 0 Å². The van der Waals surface area contributed by atoms with E-state index in [2.05, 4.69) is 49.3 Å². The quantitative estimate of drug-likeness (QED) is 0.862. The van der Waals surface area contributed by atoms with Crippen molar-refractivity contribution in [2.24, 2.45) is 0 Å². The highest BCUT2D eigenvalue weighted by atomic mass is 15.1. The number of rotatable bonds is 3. The summed E-state index contributed by atoms with van der Waals surface area (Å²) in [4.78, 5) is 2.39. The van der Waals surface area contributed by atoms with Crippen LogP contribution in [0.3, 0.4) is 0 Å². The van der Waals surface area contributed by atoms with E-state index >= 15 is 0 Å². The fourth-order valence-electron chi connectivity index (χ4n) is 2.66. The molecule has 0 amide bonds. The van der Waals surface area contributed by atoms with E-state index in [1.54, 1.807) is 0 Å². The van der Waals surface area contributed by atoms with E-state index in [0.717, 1.165) is 6.54 Å². The Kier molecular flexibility index (Phi) is 4.06. The summed E-state index contributed by atoms with van der Waals surface area (Å²) in [5, 5.41) is 3.61. The van der Waals surface area contributed by atoms with Crippen molar-refractivity contribution in [3.8, 4) is 0 Å². The second-order valence-electron chi connectivity index (χ2n) is 5.25. The van der Waals surface area contributed by atoms with Gasteiger partial charge in [0.15, 0.2) is 0 Å². The lowest BCUT2D eigenvalue weighted by Gasteiger charge is -2.30. The molecule has 0 saturated carbocycles.